The lowest BCUT2D eigenvalue weighted by Crippen LogP contribution is -2.51. The van der Waals surface area contributed by atoms with Gasteiger partial charge >= 0.3 is 0 Å². The van der Waals surface area contributed by atoms with E-state index >= 15 is 0 Å². The van der Waals surface area contributed by atoms with E-state index in [1.54, 1.807) is 0 Å². The number of rotatable bonds is 7. The second kappa shape index (κ2) is 6.74. The van der Waals surface area contributed by atoms with Crippen molar-refractivity contribution in [3.63, 3.8) is 0 Å². The van der Waals surface area contributed by atoms with E-state index in [1.807, 2.05) is 39.0 Å². The molecule has 0 aliphatic rings. The van der Waals surface area contributed by atoms with E-state index < -0.39 is 5.79 Å². The van der Waals surface area contributed by atoms with E-state index in [0.29, 0.717) is 13.2 Å². The lowest BCUT2D eigenvalue weighted by Gasteiger charge is -2.34. The minimum atomic E-state index is -0.709. The van der Waals surface area contributed by atoms with Crippen LogP contribution in [0.25, 0.3) is 0 Å². The molecule has 0 radical (unpaired) electrons. The van der Waals surface area contributed by atoms with E-state index in [-0.39, 0.29) is 6.04 Å². The Morgan fingerprint density at radius 3 is 2.12 bits per heavy atom. The normalized spacial score (nSPS) is 13.6. The van der Waals surface area contributed by atoms with E-state index in [0.717, 1.165) is 6.42 Å². The van der Waals surface area contributed by atoms with E-state index in [4.69, 9.17) is 15.2 Å². The van der Waals surface area contributed by atoms with Crippen molar-refractivity contribution in [3.05, 3.63) is 35.9 Å². The molecule has 0 aliphatic heterocycles. The molecule has 3 nitrogen and oxygen atoms in total. The Balaban J connectivity index is 2.68. The molecule has 0 heterocycles. The lowest BCUT2D eigenvalue weighted by molar-refractivity contribution is -0.232. The maximum absolute atomic E-state index is 6.21. The van der Waals surface area contributed by atoms with Gasteiger partial charge in [0.25, 0.3) is 0 Å². The van der Waals surface area contributed by atoms with Gasteiger partial charge < -0.3 is 15.2 Å². The van der Waals surface area contributed by atoms with Crippen LogP contribution < -0.4 is 5.73 Å². The van der Waals surface area contributed by atoms with Crippen LogP contribution in [0.3, 0.4) is 0 Å². The van der Waals surface area contributed by atoms with Gasteiger partial charge in [-0.3, -0.25) is 0 Å². The van der Waals surface area contributed by atoms with Crippen molar-refractivity contribution in [2.45, 2.75) is 39.0 Å². The predicted molar refractivity (Wildman–Crippen MR) is 69.8 cm³/mol. The van der Waals surface area contributed by atoms with Crippen molar-refractivity contribution in [1.82, 2.24) is 0 Å². The van der Waals surface area contributed by atoms with Crippen molar-refractivity contribution in [2.24, 2.45) is 5.73 Å². The van der Waals surface area contributed by atoms with E-state index in [9.17, 15) is 0 Å². The number of hydrogen-bond donors (Lipinski definition) is 1. The molecular weight excluding hydrogens is 214 g/mol. The molecular formula is C14H23NO2. The molecule has 1 unspecified atom stereocenters. The number of hydrogen-bond acceptors (Lipinski definition) is 3. The van der Waals surface area contributed by atoms with Gasteiger partial charge in [0.15, 0.2) is 5.79 Å². The Hall–Kier alpha value is -0.900. The summed E-state index contributed by atoms with van der Waals surface area (Å²) in [6.45, 7) is 7.00. The Morgan fingerprint density at radius 2 is 1.65 bits per heavy atom. The van der Waals surface area contributed by atoms with Gasteiger partial charge in [-0.1, -0.05) is 30.3 Å². The van der Waals surface area contributed by atoms with Crippen molar-refractivity contribution in [2.75, 3.05) is 13.2 Å². The topological polar surface area (TPSA) is 44.5 Å². The van der Waals surface area contributed by atoms with Gasteiger partial charge in [-0.15, -0.1) is 0 Å². The first-order valence-corrected chi connectivity index (χ1v) is 6.19. The summed E-state index contributed by atoms with van der Waals surface area (Å²) in [6, 6.07) is 9.99. The Morgan fingerprint density at radius 1 is 1.12 bits per heavy atom. The molecule has 1 aromatic rings. The third-order valence-electron chi connectivity index (χ3n) is 2.83. The van der Waals surface area contributed by atoms with Gasteiger partial charge in [-0.2, -0.15) is 0 Å². The summed E-state index contributed by atoms with van der Waals surface area (Å²) < 4.78 is 11.3. The summed E-state index contributed by atoms with van der Waals surface area (Å²) in [5.41, 5.74) is 7.41. The monoisotopic (exact) mass is 237 g/mol. The quantitative estimate of drug-likeness (QED) is 0.740. The second-order valence-electron chi connectivity index (χ2n) is 4.18. The van der Waals surface area contributed by atoms with E-state index in [2.05, 4.69) is 12.1 Å². The van der Waals surface area contributed by atoms with Crippen LogP contribution in [-0.4, -0.2) is 25.0 Å². The first-order chi connectivity index (χ1) is 8.12. The molecule has 0 spiro atoms. The smallest absolute Gasteiger partial charge is 0.180 e. The summed E-state index contributed by atoms with van der Waals surface area (Å²) in [4.78, 5) is 0. The molecule has 96 valence electrons. The molecule has 0 bridgehead atoms. The van der Waals surface area contributed by atoms with E-state index in [1.165, 1.54) is 5.56 Å². The highest BCUT2D eigenvalue weighted by Gasteiger charge is 2.33. The molecule has 0 saturated carbocycles. The fourth-order valence-electron chi connectivity index (χ4n) is 1.88. The second-order valence-corrected chi connectivity index (χ2v) is 4.18. The van der Waals surface area contributed by atoms with Crippen molar-refractivity contribution in [3.8, 4) is 0 Å². The maximum atomic E-state index is 6.21. The number of benzene rings is 1. The third kappa shape index (κ3) is 4.11. The minimum absolute atomic E-state index is 0.176. The average molecular weight is 237 g/mol. The molecule has 0 fully saturated rings. The highest BCUT2D eigenvalue weighted by atomic mass is 16.7. The fraction of sp³-hybridized carbons (Fsp3) is 0.571. The van der Waals surface area contributed by atoms with Crippen LogP contribution in [-0.2, 0) is 15.9 Å². The van der Waals surface area contributed by atoms with Gasteiger partial charge in [0.2, 0.25) is 0 Å². The zero-order valence-corrected chi connectivity index (χ0v) is 11.0. The van der Waals surface area contributed by atoms with Crippen molar-refractivity contribution in [1.29, 1.82) is 0 Å². The molecule has 1 rings (SSSR count). The molecule has 2 N–H and O–H groups in total. The van der Waals surface area contributed by atoms with Crippen molar-refractivity contribution >= 4 is 0 Å². The predicted octanol–water partition coefficient (Wildman–Crippen LogP) is 2.35. The Kier molecular flexibility index (Phi) is 5.62. The molecule has 1 aromatic carbocycles. The zero-order valence-electron chi connectivity index (χ0n) is 11.0. The van der Waals surface area contributed by atoms with Gasteiger partial charge in [0.1, 0.15) is 0 Å². The molecule has 1 atom stereocenters. The van der Waals surface area contributed by atoms with Crippen LogP contribution in [0.5, 0.6) is 0 Å². The zero-order chi connectivity index (χ0) is 12.7. The number of ether oxygens (including phenoxy) is 2. The first kappa shape index (κ1) is 14.2. The Labute approximate surface area is 104 Å². The minimum Gasteiger partial charge on any atom is -0.349 e. The lowest BCUT2D eigenvalue weighted by atomic mass is 10.0. The standard InChI is InChI=1S/C14H23NO2/c1-4-16-14(3,17-5-2)13(15)11-12-9-7-6-8-10-12/h6-10,13H,4-5,11,15H2,1-3H3. The highest BCUT2D eigenvalue weighted by Crippen LogP contribution is 2.19. The maximum Gasteiger partial charge on any atom is 0.180 e. The van der Waals surface area contributed by atoms with Crippen LogP contribution in [0.4, 0.5) is 0 Å². The summed E-state index contributed by atoms with van der Waals surface area (Å²) in [5, 5.41) is 0. The van der Waals surface area contributed by atoms with Crippen LogP contribution in [0.1, 0.15) is 26.3 Å². The molecule has 17 heavy (non-hydrogen) atoms. The first-order valence-electron chi connectivity index (χ1n) is 6.19. The Bertz CT molecular complexity index is 307. The average Bonchev–Trinajstić information content (AvgIpc) is 2.31. The van der Waals surface area contributed by atoms with Crippen LogP contribution in [0.2, 0.25) is 0 Å². The SMILES string of the molecule is CCOC(C)(OCC)C(N)Cc1ccccc1. The fourth-order valence-corrected chi connectivity index (χ4v) is 1.88. The third-order valence-corrected chi connectivity index (χ3v) is 2.83. The summed E-state index contributed by atoms with van der Waals surface area (Å²) in [6.07, 6.45) is 0.747. The molecule has 0 aliphatic carbocycles. The van der Waals surface area contributed by atoms with Crippen molar-refractivity contribution < 1.29 is 9.47 Å². The van der Waals surface area contributed by atoms with Gasteiger partial charge in [0, 0.05) is 13.2 Å². The summed E-state index contributed by atoms with van der Waals surface area (Å²) >= 11 is 0. The summed E-state index contributed by atoms with van der Waals surface area (Å²) in [7, 11) is 0. The largest absolute Gasteiger partial charge is 0.349 e. The number of nitrogens with two attached hydrogens (primary N) is 1. The van der Waals surface area contributed by atoms with Crippen LogP contribution >= 0.6 is 0 Å². The highest BCUT2D eigenvalue weighted by molar-refractivity contribution is 5.16. The van der Waals surface area contributed by atoms with Gasteiger partial charge in [-0.25, -0.2) is 0 Å². The molecule has 0 saturated heterocycles. The van der Waals surface area contributed by atoms with Gasteiger partial charge in [0.05, 0.1) is 6.04 Å². The molecule has 0 aromatic heterocycles. The van der Waals surface area contributed by atoms with Gasteiger partial charge in [-0.05, 0) is 32.8 Å². The van der Waals surface area contributed by atoms with Crippen LogP contribution in [0, 0.1) is 0 Å². The molecule has 3 heteroatoms. The summed E-state index contributed by atoms with van der Waals surface area (Å²) in [5.74, 6) is -0.709. The molecule has 0 amide bonds. The van der Waals surface area contributed by atoms with Crippen LogP contribution in [0.15, 0.2) is 30.3 Å².